The summed E-state index contributed by atoms with van der Waals surface area (Å²) >= 11 is 0. The Balaban J connectivity index is 2.24. The van der Waals surface area contributed by atoms with Crippen LogP contribution in [0.3, 0.4) is 0 Å². The van der Waals surface area contributed by atoms with Crippen molar-refractivity contribution in [1.82, 2.24) is 4.98 Å². The molecule has 1 aromatic heterocycles. The molecule has 5 nitrogen and oxygen atoms in total. The summed E-state index contributed by atoms with van der Waals surface area (Å²) in [4.78, 5) is 13.9. The molecule has 0 saturated carbocycles. The van der Waals surface area contributed by atoms with Gasteiger partial charge < -0.3 is 14.3 Å². The number of nitrogens with zero attached hydrogens (tertiary/aromatic N) is 1. The van der Waals surface area contributed by atoms with E-state index in [2.05, 4.69) is 9.72 Å². The van der Waals surface area contributed by atoms with Crippen molar-refractivity contribution in [3.8, 4) is 17.4 Å². The van der Waals surface area contributed by atoms with Crippen LogP contribution in [0, 0.1) is 0 Å². The van der Waals surface area contributed by atoms with Crippen molar-refractivity contribution >= 4 is 6.16 Å². The van der Waals surface area contributed by atoms with Crippen LogP contribution in [0.5, 0.6) is 6.08 Å². The molecule has 1 N–H and O–H groups in total. The highest BCUT2D eigenvalue weighted by atomic mass is 16.7. The number of rotatable bonds is 2. The van der Waals surface area contributed by atoms with Gasteiger partial charge in [0.1, 0.15) is 0 Å². The van der Waals surface area contributed by atoms with Crippen molar-refractivity contribution in [1.29, 1.82) is 0 Å². The zero-order chi connectivity index (χ0) is 10.7. The van der Waals surface area contributed by atoms with Crippen molar-refractivity contribution < 1.29 is 19.1 Å². The molecular weight excluding hydrogens is 198 g/mol. The number of oxazole rings is 1. The maximum Gasteiger partial charge on any atom is 0.514 e. The summed E-state index contributed by atoms with van der Waals surface area (Å²) in [6.07, 6.45) is -0.314. The minimum Gasteiger partial charge on any atom is -0.449 e. The van der Waals surface area contributed by atoms with Crippen LogP contribution in [-0.2, 0) is 0 Å². The van der Waals surface area contributed by atoms with Crippen LogP contribution < -0.4 is 4.74 Å². The SMILES string of the molecule is O=C(O)Oc1ncc(-c2ccccc2)o1. The molecule has 2 aromatic rings. The molecule has 1 aromatic carbocycles. The standard InChI is InChI=1S/C10H7NO4/c12-10(13)15-9-11-6-8(14-9)7-4-2-1-3-5-7/h1-6H,(H,12,13). The Kier molecular flexibility index (Phi) is 2.37. The Morgan fingerprint density at radius 3 is 2.73 bits per heavy atom. The first-order valence-corrected chi connectivity index (χ1v) is 4.18. The molecule has 0 unspecified atom stereocenters. The van der Waals surface area contributed by atoms with E-state index in [0.29, 0.717) is 5.76 Å². The van der Waals surface area contributed by atoms with Gasteiger partial charge in [0.25, 0.3) is 0 Å². The highest BCUT2D eigenvalue weighted by Gasteiger charge is 2.09. The lowest BCUT2D eigenvalue weighted by Gasteiger charge is -1.93. The van der Waals surface area contributed by atoms with Gasteiger partial charge in [-0.1, -0.05) is 30.3 Å². The third-order valence-electron chi connectivity index (χ3n) is 1.72. The summed E-state index contributed by atoms with van der Waals surface area (Å²) in [5.41, 5.74) is 0.810. The summed E-state index contributed by atoms with van der Waals surface area (Å²) in [5.74, 6) is 0.465. The minimum atomic E-state index is -1.45. The summed E-state index contributed by atoms with van der Waals surface area (Å²) in [6.45, 7) is 0. The monoisotopic (exact) mass is 205 g/mol. The molecule has 0 spiro atoms. The van der Waals surface area contributed by atoms with Crippen molar-refractivity contribution in [2.75, 3.05) is 0 Å². The second-order valence-corrected chi connectivity index (χ2v) is 2.72. The van der Waals surface area contributed by atoms with Gasteiger partial charge in [0.2, 0.25) is 0 Å². The van der Waals surface area contributed by atoms with Crippen LogP contribution in [0.2, 0.25) is 0 Å². The number of hydrogen-bond acceptors (Lipinski definition) is 4. The first-order valence-electron chi connectivity index (χ1n) is 4.18. The summed E-state index contributed by atoms with van der Waals surface area (Å²) in [5, 5.41) is 8.32. The second kappa shape index (κ2) is 3.83. The van der Waals surface area contributed by atoms with Gasteiger partial charge in [-0.25, -0.2) is 4.79 Å². The fraction of sp³-hybridized carbons (Fsp3) is 0. The van der Waals surface area contributed by atoms with Crippen LogP contribution in [0.25, 0.3) is 11.3 Å². The largest absolute Gasteiger partial charge is 0.514 e. The van der Waals surface area contributed by atoms with E-state index in [1.165, 1.54) is 6.20 Å². The molecule has 0 fully saturated rings. The lowest BCUT2D eigenvalue weighted by molar-refractivity contribution is 0.130. The maximum absolute atomic E-state index is 10.2. The molecule has 0 radical (unpaired) electrons. The molecule has 0 saturated heterocycles. The maximum atomic E-state index is 10.2. The van der Waals surface area contributed by atoms with Crippen molar-refractivity contribution in [2.24, 2.45) is 0 Å². The van der Waals surface area contributed by atoms with Crippen LogP contribution in [0.15, 0.2) is 40.9 Å². The number of hydrogen-bond donors (Lipinski definition) is 1. The van der Waals surface area contributed by atoms with Crippen LogP contribution in [0.4, 0.5) is 4.79 Å². The third-order valence-corrected chi connectivity index (χ3v) is 1.72. The van der Waals surface area contributed by atoms with Gasteiger partial charge in [0, 0.05) is 5.56 Å². The highest BCUT2D eigenvalue weighted by molar-refractivity contribution is 5.60. The Morgan fingerprint density at radius 2 is 2.07 bits per heavy atom. The number of aromatic nitrogens is 1. The van der Waals surface area contributed by atoms with E-state index in [1.54, 1.807) is 0 Å². The Morgan fingerprint density at radius 1 is 1.33 bits per heavy atom. The predicted molar refractivity (Wildman–Crippen MR) is 50.6 cm³/mol. The van der Waals surface area contributed by atoms with E-state index >= 15 is 0 Å². The summed E-state index contributed by atoms with van der Waals surface area (Å²) in [6, 6.07) is 9.20. The lowest BCUT2D eigenvalue weighted by atomic mass is 10.2. The topological polar surface area (TPSA) is 72.6 Å². The molecule has 0 aliphatic carbocycles. The van der Waals surface area contributed by atoms with Gasteiger partial charge in [0.15, 0.2) is 5.76 Å². The molecule has 0 amide bonds. The molecular formula is C10H7NO4. The Hall–Kier alpha value is -2.30. The zero-order valence-electron chi connectivity index (χ0n) is 7.58. The average Bonchev–Trinajstić information content (AvgIpc) is 2.67. The van der Waals surface area contributed by atoms with Gasteiger partial charge in [-0.15, -0.1) is 0 Å². The van der Waals surface area contributed by atoms with Gasteiger partial charge >= 0.3 is 12.2 Å². The summed E-state index contributed by atoms with van der Waals surface area (Å²) in [7, 11) is 0. The van der Waals surface area contributed by atoms with Crippen molar-refractivity contribution in [3.63, 3.8) is 0 Å². The van der Waals surface area contributed by atoms with Gasteiger partial charge in [0.05, 0.1) is 6.20 Å². The first-order chi connectivity index (χ1) is 7.25. The summed E-state index contributed by atoms with van der Waals surface area (Å²) < 4.78 is 9.32. The number of ether oxygens (including phenoxy) is 1. The van der Waals surface area contributed by atoms with E-state index in [4.69, 9.17) is 9.52 Å². The molecule has 76 valence electrons. The zero-order valence-corrected chi connectivity index (χ0v) is 7.58. The molecule has 1 heterocycles. The van der Waals surface area contributed by atoms with Gasteiger partial charge in [-0.3, -0.25) is 0 Å². The van der Waals surface area contributed by atoms with E-state index < -0.39 is 6.16 Å². The Bertz CT molecular complexity index is 463. The highest BCUT2D eigenvalue weighted by Crippen LogP contribution is 2.22. The number of carbonyl (C=O) groups is 1. The molecule has 0 aliphatic heterocycles. The molecule has 0 aliphatic rings. The fourth-order valence-electron chi connectivity index (χ4n) is 1.12. The quantitative estimate of drug-likeness (QED) is 0.762. The molecule has 0 bridgehead atoms. The number of benzene rings is 1. The van der Waals surface area contributed by atoms with Crippen molar-refractivity contribution in [3.05, 3.63) is 36.5 Å². The van der Waals surface area contributed by atoms with E-state index in [0.717, 1.165) is 5.56 Å². The lowest BCUT2D eigenvalue weighted by Crippen LogP contribution is -2.02. The number of carboxylic acid groups (broad SMARTS) is 1. The third kappa shape index (κ3) is 2.14. The van der Waals surface area contributed by atoms with Crippen LogP contribution >= 0.6 is 0 Å². The first kappa shape index (κ1) is 9.26. The van der Waals surface area contributed by atoms with Gasteiger partial charge in [-0.2, -0.15) is 4.98 Å². The van der Waals surface area contributed by atoms with Crippen LogP contribution in [-0.4, -0.2) is 16.2 Å². The minimum absolute atomic E-state index is 0.277. The van der Waals surface area contributed by atoms with E-state index in [9.17, 15) is 4.79 Å². The van der Waals surface area contributed by atoms with Crippen LogP contribution in [0.1, 0.15) is 0 Å². The van der Waals surface area contributed by atoms with E-state index in [1.807, 2.05) is 30.3 Å². The molecule has 15 heavy (non-hydrogen) atoms. The van der Waals surface area contributed by atoms with Gasteiger partial charge in [-0.05, 0) is 0 Å². The second-order valence-electron chi connectivity index (χ2n) is 2.72. The Labute approximate surface area is 84.9 Å². The van der Waals surface area contributed by atoms with Crippen molar-refractivity contribution in [2.45, 2.75) is 0 Å². The molecule has 2 rings (SSSR count). The van der Waals surface area contributed by atoms with E-state index in [-0.39, 0.29) is 6.08 Å². The molecule has 5 heteroatoms. The smallest absolute Gasteiger partial charge is 0.449 e. The predicted octanol–water partition coefficient (Wildman–Crippen LogP) is 2.40. The molecule has 0 atom stereocenters. The normalized spacial score (nSPS) is 9.87. The average molecular weight is 205 g/mol. The fourth-order valence-corrected chi connectivity index (χ4v) is 1.12.